The van der Waals surface area contributed by atoms with E-state index in [-0.39, 0.29) is 5.91 Å². The third-order valence-corrected chi connectivity index (χ3v) is 2.99. The van der Waals surface area contributed by atoms with Crippen molar-refractivity contribution in [2.75, 3.05) is 20.1 Å². The van der Waals surface area contributed by atoms with Gasteiger partial charge in [-0.1, -0.05) is 12.8 Å². The molecular formula is C12H19N3O2. The van der Waals surface area contributed by atoms with E-state index in [1.165, 1.54) is 19.0 Å². The van der Waals surface area contributed by atoms with Gasteiger partial charge < -0.3 is 14.6 Å². The monoisotopic (exact) mass is 237 g/mol. The molecule has 1 saturated heterocycles. The number of aromatic nitrogens is 1. The summed E-state index contributed by atoms with van der Waals surface area (Å²) < 4.78 is 5.42. The fraction of sp³-hybridized carbons (Fsp3) is 0.667. The molecule has 0 aliphatic carbocycles. The van der Waals surface area contributed by atoms with E-state index >= 15 is 0 Å². The van der Waals surface area contributed by atoms with Crippen molar-refractivity contribution in [2.45, 2.75) is 32.2 Å². The van der Waals surface area contributed by atoms with Crippen LogP contribution in [0.1, 0.15) is 42.1 Å². The summed E-state index contributed by atoms with van der Waals surface area (Å²) in [5.74, 6) is 0.893. The number of carbonyl (C=O) groups is 1. The standard InChI is InChI=1S/C12H19N3O2/c1-13-9-11-14-8-10(17-11)12(16)15-6-4-2-3-5-7-15/h8,13H,2-7,9H2,1H3. The van der Waals surface area contributed by atoms with Gasteiger partial charge >= 0.3 is 0 Å². The average Bonchev–Trinajstić information content (AvgIpc) is 2.64. The molecule has 2 rings (SSSR count). The zero-order valence-corrected chi connectivity index (χ0v) is 10.2. The van der Waals surface area contributed by atoms with E-state index in [1.54, 1.807) is 0 Å². The van der Waals surface area contributed by atoms with Crippen LogP contribution in [-0.4, -0.2) is 35.9 Å². The first-order valence-corrected chi connectivity index (χ1v) is 6.20. The Labute approximate surface area is 101 Å². The fourth-order valence-electron chi connectivity index (χ4n) is 2.07. The molecule has 1 amide bonds. The molecule has 0 unspecified atom stereocenters. The van der Waals surface area contributed by atoms with Crippen molar-refractivity contribution < 1.29 is 9.21 Å². The molecule has 0 saturated carbocycles. The molecule has 0 aromatic carbocycles. The van der Waals surface area contributed by atoms with E-state index in [0.29, 0.717) is 18.2 Å². The molecule has 1 aromatic heterocycles. The van der Waals surface area contributed by atoms with Crippen molar-refractivity contribution in [2.24, 2.45) is 0 Å². The topological polar surface area (TPSA) is 58.4 Å². The number of oxazole rings is 1. The first kappa shape index (κ1) is 12.1. The minimum atomic E-state index is -0.0262. The first-order valence-electron chi connectivity index (χ1n) is 6.20. The number of rotatable bonds is 3. The Morgan fingerprint density at radius 2 is 2.12 bits per heavy atom. The maximum absolute atomic E-state index is 12.1. The molecule has 94 valence electrons. The van der Waals surface area contributed by atoms with Crippen LogP contribution >= 0.6 is 0 Å². The highest BCUT2D eigenvalue weighted by Crippen LogP contribution is 2.14. The quantitative estimate of drug-likeness (QED) is 0.863. The summed E-state index contributed by atoms with van der Waals surface area (Å²) in [6, 6.07) is 0. The Kier molecular flexibility index (Phi) is 4.14. The Morgan fingerprint density at radius 1 is 1.41 bits per heavy atom. The van der Waals surface area contributed by atoms with E-state index in [0.717, 1.165) is 25.9 Å². The average molecular weight is 237 g/mol. The lowest BCUT2D eigenvalue weighted by Crippen LogP contribution is -2.31. The van der Waals surface area contributed by atoms with Crippen LogP contribution < -0.4 is 5.32 Å². The molecule has 0 atom stereocenters. The third kappa shape index (κ3) is 3.06. The molecule has 0 radical (unpaired) electrons. The van der Waals surface area contributed by atoms with Crippen molar-refractivity contribution in [3.63, 3.8) is 0 Å². The highest BCUT2D eigenvalue weighted by atomic mass is 16.4. The summed E-state index contributed by atoms with van der Waals surface area (Å²) in [6.07, 6.45) is 6.13. The van der Waals surface area contributed by atoms with Gasteiger partial charge in [0.1, 0.15) is 0 Å². The van der Waals surface area contributed by atoms with Crippen molar-refractivity contribution >= 4 is 5.91 Å². The van der Waals surface area contributed by atoms with Crippen molar-refractivity contribution in [3.8, 4) is 0 Å². The second-order valence-electron chi connectivity index (χ2n) is 4.35. The van der Waals surface area contributed by atoms with Gasteiger partial charge in [-0.2, -0.15) is 0 Å². The molecule has 1 N–H and O–H groups in total. The van der Waals surface area contributed by atoms with Crippen LogP contribution in [0.3, 0.4) is 0 Å². The largest absolute Gasteiger partial charge is 0.434 e. The Balaban J connectivity index is 2.01. The van der Waals surface area contributed by atoms with Gasteiger partial charge in [-0.15, -0.1) is 0 Å². The zero-order chi connectivity index (χ0) is 12.1. The predicted molar refractivity (Wildman–Crippen MR) is 63.6 cm³/mol. The van der Waals surface area contributed by atoms with Gasteiger partial charge in [-0.05, 0) is 19.9 Å². The molecule has 1 aliphatic heterocycles. The van der Waals surface area contributed by atoms with Gasteiger partial charge in [0.15, 0.2) is 0 Å². The van der Waals surface area contributed by atoms with E-state index in [4.69, 9.17) is 4.42 Å². The molecule has 1 aliphatic rings. The van der Waals surface area contributed by atoms with Crippen molar-refractivity contribution in [1.82, 2.24) is 15.2 Å². The number of hydrogen-bond donors (Lipinski definition) is 1. The third-order valence-electron chi connectivity index (χ3n) is 2.99. The maximum Gasteiger partial charge on any atom is 0.291 e. The minimum absolute atomic E-state index is 0.0262. The lowest BCUT2D eigenvalue weighted by Gasteiger charge is -2.18. The van der Waals surface area contributed by atoms with E-state index in [1.807, 2.05) is 11.9 Å². The van der Waals surface area contributed by atoms with Crippen LogP contribution in [0.4, 0.5) is 0 Å². The number of nitrogens with zero attached hydrogens (tertiary/aromatic N) is 2. The SMILES string of the molecule is CNCc1ncc(C(=O)N2CCCCCC2)o1. The number of nitrogens with one attached hydrogen (secondary N) is 1. The predicted octanol–water partition coefficient (Wildman–Crippen LogP) is 1.41. The van der Waals surface area contributed by atoms with Crippen LogP contribution in [0.25, 0.3) is 0 Å². The van der Waals surface area contributed by atoms with Crippen LogP contribution in [0.2, 0.25) is 0 Å². The molecule has 0 bridgehead atoms. The normalized spacial score (nSPS) is 16.9. The summed E-state index contributed by atoms with van der Waals surface area (Å²) in [4.78, 5) is 18.1. The molecule has 2 heterocycles. The van der Waals surface area contributed by atoms with Gasteiger partial charge in [0.2, 0.25) is 11.7 Å². The zero-order valence-electron chi connectivity index (χ0n) is 10.2. The van der Waals surface area contributed by atoms with Crippen LogP contribution in [-0.2, 0) is 6.54 Å². The van der Waals surface area contributed by atoms with Gasteiger partial charge in [0.05, 0.1) is 12.7 Å². The molecule has 5 nitrogen and oxygen atoms in total. The van der Waals surface area contributed by atoms with Crippen LogP contribution in [0.15, 0.2) is 10.6 Å². The van der Waals surface area contributed by atoms with Crippen LogP contribution in [0, 0.1) is 0 Å². The Hall–Kier alpha value is -1.36. The van der Waals surface area contributed by atoms with Crippen molar-refractivity contribution in [3.05, 3.63) is 17.8 Å². The number of amides is 1. The highest BCUT2D eigenvalue weighted by Gasteiger charge is 2.20. The molecule has 1 aromatic rings. The van der Waals surface area contributed by atoms with Gasteiger partial charge in [-0.3, -0.25) is 4.79 Å². The summed E-state index contributed by atoms with van der Waals surface area (Å²) in [6.45, 7) is 2.22. The van der Waals surface area contributed by atoms with E-state index in [2.05, 4.69) is 10.3 Å². The summed E-state index contributed by atoms with van der Waals surface area (Å²) >= 11 is 0. The molecule has 1 fully saturated rings. The van der Waals surface area contributed by atoms with Gasteiger partial charge in [0.25, 0.3) is 5.91 Å². The maximum atomic E-state index is 12.1. The Bertz CT molecular complexity index is 368. The van der Waals surface area contributed by atoms with Gasteiger partial charge in [0, 0.05) is 13.1 Å². The van der Waals surface area contributed by atoms with Gasteiger partial charge in [-0.25, -0.2) is 4.98 Å². The fourth-order valence-corrected chi connectivity index (χ4v) is 2.07. The molecule has 5 heteroatoms. The van der Waals surface area contributed by atoms with Crippen molar-refractivity contribution in [1.29, 1.82) is 0 Å². The number of carbonyl (C=O) groups excluding carboxylic acids is 1. The van der Waals surface area contributed by atoms with E-state index < -0.39 is 0 Å². The first-order chi connectivity index (χ1) is 8.31. The summed E-state index contributed by atoms with van der Waals surface area (Å²) in [7, 11) is 1.82. The second kappa shape index (κ2) is 5.82. The summed E-state index contributed by atoms with van der Waals surface area (Å²) in [5, 5.41) is 2.94. The number of likely N-dealkylation sites (tertiary alicyclic amines) is 1. The van der Waals surface area contributed by atoms with Crippen LogP contribution in [0.5, 0.6) is 0 Å². The molecule has 17 heavy (non-hydrogen) atoms. The minimum Gasteiger partial charge on any atom is -0.434 e. The Morgan fingerprint density at radius 3 is 2.76 bits per heavy atom. The smallest absolute Gasteiger partial charge is 0.291 e. The summed E-state index contributed by atoms with van der Waals surface area (Å²) in [5.41, 5.74) is 0. The lowest BCUT2D eigenvalue weighted by atomic mass is 10.2. The molecular weight excluding hydrogens is 218 g/mol. The highest BCUT2D eigenvalue weighted by molar-refractivity contribution is 5.91. The number of hydrogen-bond acceptors (Lipinski definition) is 4. The van der Waals surface area contributed by atoms with E-state index in [9.17, 15) is 4.79 Å². The lowest BCUT2D eigenvalue weighted by molar-refractivity contribution is 0.0727. The second-order valence-corrected chi connectivity index (χ2v) is 4.35. The molecule has 0 spiro atoms.